The fourth-order valence-electron chi connectivity index (χ4n) is 1.09. The van der Waals surface area contributed by atoms with Crippen LogP contribution in [0.15, 0.2) is 16.6 Å². The van der Waals surface area contributed by atoms with E-state index in [1.54, 1.807) is 12.1 Å². The van der Waals surface area contributed by atoms with Crippen LogP contribution in [0, 0.1) is 11.3 Å². The molecule has 0 amide bonds. The highest BCUT2D eigenvalue weighted by Gasteiger charge is 2.08. The lowest BCUT2D eigenvalue weighted by molar-refractivity contribution is 0.317. The Morgan fingerprint density at radius 1 is 1.57 bits per heavy atom. The van der Waals surface area contributed by atoms with Crippen molar-refractivity contribution in [3.63, 3.8) is 0 Å². The van der Waals surface area contributed by atoms with Gasteiger partial charge < -0.3 is 9.84 Å². The van der Waals surface area contributed by atoms with Crippen molar-refractivity contribution in [2.24, 2.45) is 0 Å². The second-order valence-electron chi connectivity index (χ2n) is 2.69. The highest BCUT2D eigenvalue weighted by molar-refractivity contribution is 9.10. The van der Waals surface area contributed by atoms with E-state index < -0.39 is 0 Å². The van der Waals surface area contributed by atoms with Gasteiger partial charge >= 0.3 is 0 Å². The van der Waals surface area contributed by atoms with E-state index in [0.29, 0.717) is 23.2 Å². The zero-order chi connectivity index (χ0) is 10.6. The second kappa shape index (κ2) is 4.87. The monoisotopic (exact) mass is 255 g/mol. The molecule has 0 saturated carbocycles. The Morgan fingerprint density at radius 2 is 2.29 bits per heavy atom. The first-order valence-electron chi connectivity index (χ1n) is 4.20. The third kappa shape index (κ3) is 2.39. The number of nitriles is 1. The van der Waals surface area contributed by atoms with E-state index in [-0.39, 0.29) is 5.75 Å². The molecule has 0 atom stereocenters. The lowest BCUT2D eigenvalue weighted by atomic mass is 10.1. The molecule has 1 aromatic rings. The molecule has 14 heavy (non-hydrogen) atoms. The smallest absolute Gasteiger partial charge is 0.172 e. The van der Waals surface area contributed by atoms with Crippen LogP contribution in [0.3, 0.4) is 0 Å². The maximum absolute atomic E-state index is 9.57. The number of phenols is 1. The maximum Gasteiger partial charge on any atom is 0.172 e. The SMILES string of the molecule is CCOc1cc(CC#N)cc(Br)c1O. The second-order valence-corrected chi connectivity index (χ2v) is 3.55. The summed E-state index contributed by atoms with van der Waals surface area (Å²) in [6.45, 7) is 2.32. The number of benzene rings is 1. The molecular formula is C10H10BrNO2. The van der Waals surface area contributed by atoms with Crippen molar-refractivity contribution in [3.05, 3.63) is 22.2 Å². The number of hydrogen-bond donors (Lipinski definition) is 1. The summed E-state index contributed by atoms with van der Waals surface area (Å²) in [6.07, 6.45) is 0.305. The average Bonchev–Trinajstić information content (AvgIpc) is 2.14. The summed E-state index contributed by atoms with van der Waals surface area (Å²) >= 11 is 3.20. The van der Waals surface area contributed by atoms with Gasteiger partial charge in [-0.25, -0.2) is 0 Å². The van der Waals surface area contributed by atoms with Gasteiger partial charge in [0.2, 0.25) is 0 Å². The van der Waals surface area contributed by atoms with Crippen molar-refractivity contribution in [1.29, 1.82) is 5.26 Å². The molecule has 0 unspecified atom stereocenters. The molecule has 0 saturated heterocycles. The number of hydrogen-bond acceptors (Lipinski definition) is 3. The Bertz CT molecular complexity index is 371. The predicted molar refractivity (Wildman–Crippen MR) is 56.3 cm³/mol. The van der Waals surface area contributed by atoms with Crippen molar-refractivity contribution in [3.8, 4) is 17.6 Å². The lowest BCUT2D eigenvalue weighted by Gasteiger charge is -2.08. The normalized spacial score (nSPS) is 9.50. The van der Waals surface area contributed by atoms with Crippen LogP contribution in [0.5, 0.6) is 11.5 Å². The van der Waals surface area contributed by atoms with Crippen LogP contribution in [-0.2, 0) is 6.42 Å². The van der Waals surface area contributed by atoms with Crippen LogP contribution < -0.4 is 4.74 Å². The molecule has 0 bridgehead atoms. The van der Waals surface area contributed by atoms with Crippen LogP contribution in [0.2, 0.25) is 0 Å². The van der Waals surface area contributed by atoms with E-state index >= 15 is 0 Å². The van der Waals surface area contributed by atoms with E-state index in [2.05, 4.69) is 15.9 Å². The number of aromatic hydroxyl groups is 1. The fraction of sp³-hybridized carbons (Fsp3) is 0.300. The largest absolute Gasteiger partial charge is 0.503 e. The molecule has 0 aliphatic rings. The van der Waals surface area contributed by atoms with Crippen molar-refractivity contribution in [2.75, 3.05) is 6.61 Å². The summed E-state index contributed by atoms with van der Waals surface area (Å²) in [5, 5.41) is 18.1. The van der Waals surface area contributed by atoms with E-state index in [1.807, 2.05) is 13.0 Å². The van der Waals surface area contributed by atoms with Crippen molar-refractivity contribution in [1.82, 2.24) is 0 Å². The third-order valence-electron chi connectivity index (χ3n) is 1.67. The van der Waals surface area contributed by atoms with E-state index in [0.717, 1.165) is 5.56 Å². The number of rotatable bonds is 3. The molecule has 0 heterocycles. The molecule has 3 nitrogen and oxygen atoms in total. The minimum absolute atomic E-state index is 0.0774. The zero-order valence-corrected chi connectivity index (χ0v) is 9.34. The standard InChI is InChI=1S/C10H10BrNO2/c1-2-14-9-6-7(3-4-12)5-8(11)10(9)13/h5-6,13H,2-3H2,1H3. The Morgan fingerprint density at radius 3 is 2.86 bits per heavy atom. The average molecular weight is 256 g/mol. The summed E-state index contributed by atoms with van der Waals surface area (Å²) in [6, 6.07) is 5.42. The highest BCUT2D eigenvalue weighted by Crippen LogP contribution is 2.35. The van der Waals surface area contributed by atoms with Crippen LogP contribution in [-0.4, -0.2) is 11.7 Å². The lowest BCUT2D eigenvalue weighted by Crippen LogP contribution is -1.94. The molecule has 74 valence electrons. The number of halogens is 1. The number of phenolic OH excluding ortho intramolecular Hbond substituents is 1. The fourth-order valence-corrected chi connectivity index (χ4v) is 1.58. The molecule has 0 aliphatic carbocycles. The first-order valence-corrected chi connectivity index (χ1v) is 4.99. The Kier molecular flexibility index (Phi) is 3.78. The predicted octanol–water partition coefficient (Wildman–Crippen LogP) is 2.62. The van der Waals surface area contributed by atoms with Gasteiger partial charge in [-0.05, 0) is 40.5 Å². The number of nitrogens with zero attached hydrogens (tertiary/aromatic N) is 1. The first kappa shape index (κ1) is 10.9. The van der Waals surface area contributed by atoms with Crippen LogP contribution in [0.4, 0.5) is 0 Å². The molecule has 4 heteroatoms. The van der Waals surface area contributed by atoms with Gasteiger partial charge in [-0.2, -0.15) is 5.26 Å². The van der Waals surface area contributed by atoms with Gasteiger partial charge in [0, 0.05) is 0 Å². The van der Waals surface area contributed by atoms with Gasteiger partial charge in [-0.3, -0.25) is 0 Å². The van der Waals surface area contributed by atoms with Gasteiger partial charge in [-0.1, -0.05) is 0 Å². The van der Waals surface area contributed by atoms with Gasteiger partial charge in [0.05, 0.1) is 23.6 Å². The van der Waals surface area contributed by atoms with Crippen molar-refractivity contribution in [2.45, 2.75) is 13.3 Å². The van der Waals surface area contributed by atoms with Crippen LogP contribution in [0.1, 0.15) is 12.5 Å². The molecule has 1 aromatic carbocycles. The van der Waals surface area contributed by atoms with E-state index in [9.17, 15) is 5.11 Å². The molecule has 0 radical (unpaired) electrons. The molecule has 0 aliphatic heterocycles. The van der Waals surface area contributed by atoms with Crippen LogP contribution in [0.25, 0.3) is 0 Å². The summed E-state index contributed by atoms with van der Waals surface area (Å²) in [5.74, 6) is 0.487. The Balaban J connectivity index is 3.08. The summed E-state index contributed by atoms with van der Waals surface area (Å²) in [7, 11) is 0. The van der Waals surface area contributed by atoms with Gasteiger partial charge in [0.1, 0.15) is 0 Å². The van der Waals surface area contributed by atoms with Gasteiger partial charge in [0.25, 0.3) is 0 Å². The first-order chi connectivity index (χ1) is 6.69. The summed E-state index contributed by atoms with van der Waals surface area (Å²) in [5.41, 5.74) is 0.820. The van der Waals surface area contributed by atoms with Crippen molar-refractivity contribution >= 4 is 15.9 Å². The van der Waals surface area contributed by atoms with E-state index in [1.165, 1.54) is 0 Å². The molecule has 0 aromatic heterocycles. The third-order valence-corrected chi connectivity index (χ3v) is 2.28. The van der Waals surface area contributed by atoms with Gasteiger partial charge in [0.15, 0.2) is 11.5 Å². The number of ether oxygens (including phenoxy) is 1. The zero-order valence-electron chi connectivity index (χ0n) is 7.75. The molecule has 1 rings (SSSR count). The minimum atomic E-state index is 0.0774. The van der Waals surface area contributed by atoms with Crippen molar-refractivity contribution < 1.29 is 9.84 Å². The molecule has 1 N–H and O–H groups in total. The Labute approximate surface area is 91.1 Å². The van der Waals surface area contributed by atoms with Crippen LogP contribution >= 0.6 is 15.9 Å². The summed E-state index contributed by atoms with van der Waals surface area (Å²) in [4.78, 5) is 0. The van der Waals surface area contributed by atoms with E-state index in [4.69, 9.17) is 10.00 Å². The minimum Gasteiger partial charge on any atom is -0.503 e. The topological polar surface area (TPSA) is 53.2 Å². The quantitative estimate of drug-likeness (QED) is 0.904. The Hall–Kier alpha value is -1.21. The molecular weight excluding hydrogens is 246 g/mol. The van der Waals surface area contributed by atoms with Gasteiger partial charge in [-0.15, -0.1) is 0 Å². The highest BCUT2D eigenvalue weighted by atomic mass is 79.9. The maximum atomic E-state index is 9.57. The molecule has 0 fully saturated rings. The molecule has 0 spiro atoms. The summed E-state index contributed by atoms with van der Waals surface area (Å²) < 4.78 is 5.76.